The van der Waals surface area contributed by atoms with Gasteiger partial charge >= 0.3 is 10.4 Å². The zero-order valence-electron chi connectivity index (χ0n) is 20.4. The lowest BCUT2D eigenvalue weighted by Gasteiger charge is -2.49. The van der Waals surface area contributed by atoms with Crippen molar-refractivity contribution >= 4 is 22.7 Å². The molecule has 3 aliphatic rings. The Balaban J connectivity index is 1.65. The van der Waals surface area contributed by atoms with Gasteiger partial charge in [-0.15, -0.1) is 4.33 Å². The first-order valence-corrected chi connectivity index (χ1v) is 13.4. The third-order valence-electron chi connectivity index (χ3n) is 6.65. The van der Waals surface area contributed by atoms with Gasteiger partial charge in [-0.25, -0.2) is 9.44 Å². The van der Waals surface area contributed by atoms with E-state index in [1.807, 2.05) is 0 Å². The zero-order chi connectivity index (χ0) is 27.2. The predicted molar refractivity (Wildman–Crippen MR) is 120 cm³/mol. The second kappa shape index (κ2) is 13.9. The Morgan fingerprint density at radius 2 is 1.81 bits per heavy atom. The summed E-state index contributed by atoms with van der Waals surface area (Å²) in [5.41, 5.74) is -1.32. The minimum absolute atomic E-state index is 0.0177. The lowest BCUT2D eigenvalue weighted by atomic mass is 9.80. The van der Waals surface area contributed by atoms with Gasteiger partial charge in [-0.05, 0) is 6.92 Å². The third kappa shape index (κ3) is 7.69. The van der Waals surface area contributed by atoms with Crippen LogP contribution in [0.1, 0.15) is 6.92 Å². The van der Waals surface area contributed by atoms with Gasteiger partial charge in [0, 0.05) is 26.1 Å². The normalized spacial score (nSPS) is 40.2. The molecule has 2 bridgehead atoms. The minimum atomic E-state index is -4.80. The Bertz CT molecular complexity index is 803. The van der Waals surface area contributed by atoms with Crippen LogP contribution in [0.15, 0.2) is 0 Å². The molecule has 4 unspecified atom stereocenters. The van der Waals surface area contributed by atoms with Gasteiger partial charge in [0.25, 0.3) is 0 Å². The van der Waals surface area contributed by atoms with E-state index in [2.05, 4.69) is 9.37 Å². The second-order valence-electron chi connectivity index (χ2n) is 9.12. The summed E-state index contributed by atoms with van der Waals surface area (Å²) in [7, 11) is -1.95. The van der Waals surface area contributed by atoms with Crippen LogP contribution in [0.25, 0.3) is 0 Å². The summed E-state index contributed by atoms with van der Waals surface area (Å²) in [5, 5.41) is 32.9. The van der Waals surface area contributed by atoms with Gasteiger partial charge in [0.1, 0.15) is 30.0 Å². The highest BCUT2D eigenvalue weighted by atomic mass is 32.3. The number of aliphatic hydroxyl groups is 2. The summed E-state index contributed by atoms with van der Waals surface area (Å²) in [6.07, 6.45) is -6.18. The van der Waals surface area contributed by atoms with E-state index in [1.165, 1.54) is 14.2 Å². The molecule has 0 spiro atoms. The Morgan fingerprint density at radius 3 is 2.43 bits per heavy atom. The van der Waals surface area contributed by atoms with Crippen molar-refractivity contribution in [2.75, 3.05) is 53.9 Å². The monoisotopic (exact) mass is 582 g/mol. The van der Waals surface area contributed by atoms with Crippen molar-refractivity contribution in [3.63, 3.8) is 0 Å². The van der Waals surface area contributed by atoms with E-state index in [9.17, 15) is 23.2 Å². The van der Waals surface area contributed by atoms with Crippen molar-refractivity contribution < 1.29 is 74.6 Å². The lowest BCUT2D eigenvalue weighted by molar-refractivity contribution is -0.435. The standard InChI is InChI=1S/C19H34O16S2/c1-19(9-20)18(32-36-35-34-22)11(4-26-2)15(21)13(31-19)7-28-5-10-12-8-29-16(10)17(33-37(23,24)25)14(30-12)6-27-3/h10-18,20-22H,4-9H2,1-3H3,(H,23,24,25)/t10-,11-,12?,13-,14+,15?,16?,17+,18-,19?/m0/s1. The quantitative estimate of drug-likeness (QED) is 0.0585. The van der Waals surface area contributed by atoms with Crippen molar-refractivity contribution in [1.82, 2.24) is 0 Å². The van der Waals surface area contributed by atoms with Gasteiger partial charge in [-0.3, -0.25) is 8.74 Å². The predicted octanol–water partition coefficient (Wildman–Crippen LogP) is -1.24. The first-order chi connectivity index (χ1) is 17.6. The molecule has 0 aliphatic carbocycles. The molecule has 218 valence electrons. The molecule has 3 fully saturated rings. The maximum atomic E-state index is 11.4. The summed E-state index contributed by atoms with van der Waals surface area (Å²) in [5.74, 6) is -1.15. The average molecular weight is 583 g/mol. The van der Waals surface area contributed by atoms with Crippen LogP contribution in [0.4, 0.5) is 0 Å². The molecular formula is C19H34O16S2. The van der Waals surface area contributed by atoms with Crippen LogP contribution < -0.4 is 0 Å². The first-order valence-electron chi connectivity index (χ1n) is 11.3. The molecule has 0 amide bonds. The van der Waals surface area contributed by atoms with Crippen LogP contribution in [0.2, 0.25) is 0 Å². The molecule has 0 radical (unpaired) electrons. The topological polar surface area (TPSA) is 207 Å². The summed E-state index contributed by atoms with van der Waals surface area (Å²) in [6, 6.07) is 0. The number of hydrogen-bond donors (Lipinski definition) is 4. The van der Waals surface area contributed by atoms with Gasteiger partial charge in [-0.1, -0.05) is 5.04 Å². The molecule has 0 aromatic carbocycles. The largest absolute Gasteiger partial charge is 0.397 e. The van der Waals surface area contributed by atoms with Crippen LogP contribution in [-0.4, -0.2) is 131 Å². The minimum Gasteiger partial charge on any atom is -0.393 e. The van der Waals surface area contributed by atoms with Gasteiger partial charge < -0.3 is 38.6 Å². The van der Waals surface area contributed by atoms with Crippen molar-refractivity contribution in [2.24, 2.45) is 11.8 Å². The summed E-state index contributed by atoms with van der Waals surface area (Å²) >= 11 is 0.291. The van der Waals surface area contributed by atoms with Crippen LogP contribution in [0, 0.1) is 11.8 Å². The highest BCUT2D eigenvalue weighted by Crippen LogP contribution is 2.39. The van der Waals surface area contributed by atoms with Gasteiger partial charge in [-0.2, -0.15) is 8.42 Å². The van der Waals surface area contributed by atoms with E-state index < -0.39 is 77.2 Å². The molecule has 3 aliphatic heterocycles. The van der Waals surface area contributed by atoms with Gasteiger partial charge in [0.05, 0.1) is 58.0 Å². The molecule has 3 saturated heterocycles. The highest BCUT2D eigenvalue weighted by Gasteiger charge is 2.55. The number of ether oxygens (including phenoxy) is 6. The van der Waals surface area contributed by atoms with Gasteiger partial charge in [0.2, 0.25) is 0 Å². The zero-order valence-corrected chi connectivity index (χ0v) is 22.1. The smallest absolute Gasteiger partial charge is 0.393 e. The van der Waals surface area contributed by atoms with E-state index in [1.54, 1.807) is 6.92 Å². The highest BCUT2D eigenvalue weighted by molar-refractivity contribution is 7.89. The fourth-order valence-electron chi connectivity index (χ4n) is 5.01. The first kappa shape index (κ1) is 31.3. The number of fused-ring (bicyclic) bond motifs is 2. The number of aliphatic hydroxyl groups excluding tert-OH is 2. The summed E-state index contributed by atoms with van der Waals surface area (Å²) < 4.78 is 80.3. The number of rotatable bonds is 15. The molecule has 16 nitrogen and oxygen atoms in total. The third-order valence-corrected chi connectivity index (χ3v) is 7.52. The van der Waals surface area contributed by atoms with Gasteiger partial charge in [0.15, 0.2) is 12.3 Å². The SMILES string of the molecule is COC[C@H]1OC2COC([C@H]2COC[C@@H]2OC(C)(CO)[C@@H](OSOOO)[C@@H](COC)C2O)[C@@H]1OS(=O)(=O)O. The molecule has 37 heavy (non-hydrogen) atoms. The molecule has 0 aromatic heterocycles. The van der Waals surface area contributed by atoms with Crippen LogP contribution in [-0.2, 0) is 56.6 Å². The molecular weight excluding hydrogens is 548 g/mol. The average Bonchev–Trinajstić information content (AvgIpc) is 3.15. The molecule has 0 saturated carbocycles. The molecule has 3 rings (SSSR count). The van der Waals surface area contributed by atoms with Crippen molar-refractivity contribution in [1.29, 1.82) is 0 Å². The molecule has 3 heterocycles. The van der Waals surface area contributed by atoms with E-state index >= 15 is 0 Å². The van der Waals surface area contributed by atoms with E-state index in [0.29, 0.717) is 12.3 Å². The summed E-state index contributed by atoms with van der Waals surface area (Å²) in [6.45, 7) is 1.18. The van der Waals surface area contributed by atoms with Crippen molar-refractivity contribution in [3.8, 4) is 0 Å². The van der Waals surface area contributed by atoms with Crippen molar-refractivity contribution in [3.05, 3.63) is 0 Å². The van der Waals surface area contributed by atoms with E-state index in [0.717, 1.165) is 0 Å². The molecule has 10 atom stereocenters. The number of methoxy groups -OCH3 is 2. The molecule has 18 heteroatoms. The fourth-order valence-corrected chi connectivity index (χ4v) is 6.01. The lowest BCUT2D eigenvalue weighted by Crippen LogP contribution is -2.64. The Hall–Kier alpha value is -0.260. The maximum Gasteiger partial charge on any atom is 0.397 e. The second-order valence-corrected chi connectivity index (χ2v) is 10.6. The van der Waals surface area contributed by atoms with Crippen LogP contribution in [0.5, 0.6) is 0 Å². The summed E-state index contributed by atoms with van der Waals surface area (Å²) in [4.78, 5) is 0. The Kier molecular flexibility index (Phi) is 11.7. The molecule has 4 N–H and O–H groups in total. The van der Waals surface area contributed by atoms with E-state index in [4.69, 9.17) is 42.0 Å². The maximum absolute atomic E-state index is 11.4. The molecule has 0 aromatic rings. The van der Waals surface area contributed by atoms with E-state index in [-0.39, 0.29) is 33.0 Å². The van der Waals surface area contributed by atoms with Crippen LogP contribution >= 0.6 is 12.3 Å². The van der Waals surface area contributed by atoms with Crippen LogP contribution in [0.3, 0.4) is 0 Å². The number of hydrogen-bond acceptors (Lipinski definition) is 16. The fraction of sp³-hybridized carbons (Fsp3) is 1.00. The Labute approximate surface area is 218 Å². The van der Waals surface area contributed by atoms with Crippen molar-refractivity contribution in [2.45, 2.75) is 55.3 Å². The Morgan fingerprint density at radius 1 is 1.08 bits per heavy atom.